The van der Waals surface area contributed by atoms with Crippen LogP contribution in [0.25, 0.3) is 0 Å². The van der Waals surface area contributed by atoms with Crippen LogP contribution in [0.15, 0.2) is 0 Å². The largest absolute Gasteiger partial charge is 0.481 e. The van der Waals surface area contributed by atoms with Crippen LogP contribution in [0, 0.1) is 11.8 Å². The van der Waals surface area contributed by atoms with E-state index < -0.39 is 11.9 Å². The number of carboxylic acid groups (broad SMARTS) is 1. The van der Waals surface area contributed by atoms with Crippen molar-refractivity contribution in [3.05, 3.63) is 0 Å². The lowest BCUT2D eigenvalue weighted by molar-refractivity contribution is -0.154. The highest BCUT2D eigenvalue weighted by molar-refractivity contribution is 6.17. The Labute approximate surface area is 130 Å². The van der Waals surface area contributed by atoms with Crippen molar-refractivity contribution < 1.29 is 24.2 Å². The first kappa shape index (κ1) is 18.2. The molecular weight excluding hydrogens is 296 g/mol. The van der Waals surface area contributed by atoms with Crippen LogP contribution in [0.4, 0.5) is 0 Å². The van der Waals surface area contributed by atoms with E-state index in [1.54, 1.807) is 0 Å². The lowest BCUT2D eigenvalue weighted by Crippen LogP contribution is -2.36. The fourth-order valence-corrected chi connectivity index (χ4v) is 2.95. The Morgan fingerprint density at radius 1 is 1.10 bits per heavy atom. The van der Waals surface area contributed by atoms with E-state index >= 15 is 0 Å². The molecule has 0 heterocycles. The minimum atomic E-state index is -0.862. The van der Waals surface area contributed by atoms with Gasteiger partial charge in [0.1, 0.15) is 0 Å². The van der Waals surface area contributed by atoms with Crippen LogP contribution in [0.3, 0.4) is 0 Å². The fraction of sp³-hybridized carbons (Fsp3) is 0.867. The number of unbranched alkanes of at least 4 members (excludes halogenated alkanes) is 3. The summed E-state index contributed by atoms with van der Waals surface area (Å²) < 4.78 is 10.5. The third-order valence-corrected chi connectivity index (χ3v) is 4.20. The third-order valence-electron chi connectivity index (χ3n) is 3.93. The van der Waals surface area contributed by atoms with Crippen molar-refractivity contribution in [1.82, 2.24) is 0 Å². The topological polar surface area (TPSA) is 72.8 Å². The fourth-order valence-electron chi connectivity index (χ4n) is 2.76. The Hall–Kier alpha value is -0.810. The summed E-state index contributed by atoms with van der Waals surface area (Å²) in [6.07, 6.45) is 5.30. The van der Waals surface area contributed by atoms with Gasteiger partial charge >= 0.3 is 11.9 Å². The molecule has 0 radical (unpaired) electrons. The van der Waals surface area contributed by atoms with Gasteiger partial charge < -0.3 is 14.6 Å². The molecule has 0 bridgehead atoms. The maximum atomic E-state index is 11.6. The Morgan fingerprint density at radius 2 is 1.76 bits per heavy atom. The lowest BCUT2D eigenvalue weighted by Gasteiger charge is -2.31. The number of carbonyl (C=O) groups is 2. The zero-order valence-electron chi connectivity index (χ0n) is 12.6. The van der Waals surface area contributed by atoms with Crippen molar-refractivity contribution in [3.63, 3.8) is 0 Å². The number of rotatable bonds is 9. The van der Waals surface area contributed by atoms with E-state index in [1.807, 2.05) is 0 Å². The second kappa shape index (κ2) is 10.0. The minimum Gasteiger partial charge on any atom is -0.481 e. The van der Waals surface area contributed by atoms with Gasteiger partial charge in [0, 0.05) is 12.5 Å². The van der Waals surface area contributed by atoms with E-state index in [4.69, 9.17) is 21.1 Å². The van der Waals surface area contributed by atoms with E-state index in [0.717, 1.165) is 25.7 Å². The normalized spacial score (nSPS) is 25.5. The first-order chi connectivity index (χ1) is 10.1. The number of carbonyl (C=O) groups excluding carboxylic acids is 1. The number of carboxylic acids is 1. The summed E-state index contributed by atoms with van der Waals surface area (Å²) >= 11 is 5.61. The Morgan fingerprint density at radius 3 is 2.38 bits per heavy atom. The van der Waals surface area contributed by atoms with Gasteiger partial charge in [-0.2, -0.15) is 0 Å². The summed E-state index contributed by atoms with van der Waals surface area (Å²) in [5.41, 5.74) is 0. The van der Waals surface area contributed by atoms with Gasteiger partial charge in [0.05, 0.1) is 25.0 Å². The average molecular weight is 321 g/mol. The summed E-state index contributed by atoms with van der Waals surface area (Å²) in [4.78, 5) is 22.8. The van der Waals surface area contributed by atoms with Crippen molar-refractivity contribution in [3.8, 4) is 0 Å². The summed E-state index contributed by atoms with van der Waals surface area (Å²) in [5.74, 6) is -1.41. The number of ether oxygens (including phenoxy) is 2. The average Bonchev–Trinajstić information content (AvgIpc) is 2.49. The molecule has 0 aromatic rings. The van der Waals surface area contributed by atoms with Crippen molar-refractivity contribution >= 4 is 23.5 Å². The predicted molar refractivity (Wildman–Crippen MR) is 79.4 cm³/mol. The van der Waals surface area contributed by atoms with Crippen molar-refractivity contribution in [1.29, 1.82) is 0 Å². The third kappa shape index (κ3) is 6.66. The maximum absolute atomic E-state index is 11.6. The molecular formula is C15H25ClO5. The number of esters is 1. The summed E-state index contributed by atoms with van der Waals surface area (Å²) in [5, 5.41) is 9.18. The zero-order valence-corrected chi connectivity index (χ0v) is 13.3. The summed E-state index contributed by atoms with van der Waals surface area (Å²) in [6.45, 7) is 0.604. The second-order valence-corrected chi connectivity index (χ2v) is 5.94. The first-order valence-corrected chi connectivity index (χ1v) is 8.10. The van der Waals surface area contributed by atoms with Gasteiger partial charge in [0.2, 0.25) is 0 Å². The first-order valence-electron chi connectivity index (χ1n) is 7.56. The lowest BCUT2D eigenvalue weighted by atomic mass is 9.79. The van der Waals surface area contributed by atoms with Gasteiger partial charge in [0.15, 0.2) is 0 Å². The van der Waals surface area contributed by atoms with Gasteiger partial charge in [-0.3, -0.25) is 9.59 Å². The molecule has 0 amide bonds. The molecule has 1 fully saturated rings. The highest BCUT2D eigenvalue weighted by Gasteiger charge is 2.37. The second-order valence-electron chi connectivity index (χ2n) is 5.56. The van der Waals surface area contributed by atoms with Crippen LogP contribution in [-0.2, 0) is 19.1 Å². The van der Waals surface area contributed by atoms with Gasteiger partial charge in [-0.05, 0) is 32.1 Å². The van der Waals surface area contributed by atoms with Crippen LogP contribution in [0.1, 0.15) is 44.9 Å². The zero-order chi connectivity index (χ0) is 15.7. The van der Waals surface area contributed by atoms with Crippen LogP contribution in [0.5, 0.6) is 0 Å². The van der Waals surface area contributed by atoms with E-state index in [0.29, 0.717) is 31.7 Å². The smallest absolute Gasteiger partial charge is 0.308 e. The molecule has 1 aliphatic rings. The molecule has 3 unspecified atom stereocenters. The van der Waals surface area contributed by atoms with Crippen LogP contribution in [0.2, 0.25) is 0 Å². The number of halogens is 1. The number of methoxy groups -OCH3 is 1. The molecule has 1 aliphatic carbocycles. The number of aliphatic carboxylic acids is 1. The van der Waals surface area contributed by atoms with Crippen molar-refractivity contribution in [2.24, 2.45) is 11.8 Å². The van der Waals surface area contributed by atoms with Crippen molar-refractivity contribution in [2.45, 2.75) is 51.0 Å². The maximum Gasteiger partial charge on any atom is 0.308 e. The van der Waals surface area contributed by atoms with Crippen molar-refractivity contribution in [2.75, 3.05) is 19.6 Å². The summed E-state index contributed by atoms with van der Waals surface area (Å²) in [6, 6.07) is 0. The molecule has 21 heavy (non-hydrogen) atoms. The molecule has 0 aliphatic heterocycles. The molecule has 0 aromatic carbocycles. The standard InChI is InChI=1S/C15H25ClO5/c1-20-15(19)12-8-11(14(17)18)9-13(10-12)21-7-5-3-2-4-6-16/h11-13H,2-10H2,1H3,(H,17,18). The molecule has 122 valence electrons. The monoisotopic (exact) mass is 320 g/mol. The summed E-state index contributed by atoms with van der Waals surface area (Å²) in [7, 11) is 1.33. The van der Waals surface area contributed by atoms with Gasteiger partial charge in [-0.1, -0.05) is 12.8 Å². The van der Waals surface area contributed by atoms with Crippen LogP contribution < -0.4 is 0 Å². The van der Waals surface area contributed by atoms with E-state index in [9.17, 15) is 14.7 Å². The molecule has 0 saturated heterocycles. The SMILES string of the molecule is COC(=O)C1CC(OCCCCCCCl)CC(C(=O)O)C1. The van der Waals surface area contributed by atoms with Crippen LogP contribution >= 0.6 is 11.6 Å². The van der Waals surface area contributed by atoms with Crippen LogP contribution in [-0.4, -0.2) is 42.7 Å². The quantitative estimate of drug-likeness (QED) is 0.402. The molecule has 1 saturated carbocycles. The predicted octanol–water partition coefficient (Wildman–Crippen LogP) is 2.84. The molecule has 1 N–H and O–H groups in total. The van der Waals surface area contributed by atoms with Gasteiger partial charge in [-0.15, -0.1) is 11.6 Å². The minimum absolute atomic E-state index is 0.169. The molecule has 1 rings (SSSR count). The number of hydrogen-bond acceptors (Lipinski definition) is 4. The molecule has 5 nitrogen and oxygen atoms in total. The van der Waals surface area contributed by atoms with E-state index in [2.05, 4.69) is 0 Å². The van der Waals surface area contributed by atoms with Gasteiger partial charge in [-0.25, -0.2) is 0 Å². The number of hydrogen-bond donors (Lipinski definition) is 1. The molecule has 0 aromatic heterocycles. The number of alkyl halides is 1. The van der Waals surface area contributed by atoms with E-state index in [1.165, 1.54) is 7.11 Å². The molecule has 3 atom stereocenters. The Bertz CT molecular complexity index is 334. The highest BCUT2D eigenvalue weighted by Crippen LogP contribution is 2.32. The van der Waals surface area contributed by atoms with Gasteiger partial charge in [0.25, 0.3) is 0 Å². The molecule has 0 spiro atoms. The Balaban J connectivity index is 2.37. The molecule has 6 heteroatoms. The van der Waals surface area contributed by atoms with E-state index in [-0.39, 0.29) is 18.0 Å². The Kier molecular flexibility index (Phi) is 8.69. The highest BCUT2D eigenvalue weighted by atomic mass is 35.5.